The van der Waals surface area contributed by atoms with E-state index in [1.165, 1.54) is 35.6 Å². The van der Waals surface area contributed by atoms with E-state index in [9.17, 15) is 8.42 Å². The predicted octanol–water partition coefficient (Wildman–Crippen LogP) is 4.07. The molecule has 156 valence electrons. The van der Waals surface area contributed by atoms with E-state index in [1.54, 1.807) is 0 Å². The minimum Gasteiger partial charge on any atom is -0.310 e. The molecule has 1 aliphatic carbocycles. The second kappa shape index (κ2) is 8.09. The smallest absolute Gasteiger partial charge is 0.301 e. The van der Waals surface area contributed by atoms with Crippen molar-refractivity contribution in [1.29, 1.82) is 0 Å². The van der Waals surface area contributed by atoms with Gasteiger partial charge in [0.05, 0.1) is 5.69 Å². The van der Waals surface area contributed by atoms with E-state index in [2.05, 4.69) is 48.2 Å². The Morgan fingerprint density at radius 2 is 1.79 bits per heavy atom. The van der Waals surface area contributed by atoms with Gasteiger partial charge in [0.25, 0.3) is 0 Å². The van der Waals surface area contributed by atoms with Crippen LogP contribution in [-0.4, -0.2) is 27.5 Å². The van der Waals surface area contributed by atoms with Crippen LogP contribution in [0, 0.1) is 5.41 Å². The molecule has 0 aromatic heterocycles. The Kier molecular flexibility index (Phi) is 5.69. The van der Waals surface area contributed by atoms with Crippen LogP contribution in [0.25, 0.3) is 11.1 Å². The fraction of sp³-hybridized carbons (Fsp3) is 0.478. The summed E-state index contributed by atoms with van der Waals surface area (Å²) in [7, 11) is -3.40. The molecule has 0 radical (unpaired) electrons. The number of nitrogens with zero attached hydrogens (tertiary/aromatic N) is 1. The van der Waals surface area contributed by atoms with E-state index in [-0.39, 0.29) is 0 Å². The molecule has 1 aliphatic heterocycles. The van der Waals surface area contributed by atoms with Gasteiger partial charge in [-0.3, -0.25) is 4.31 Å². The topological polar surface area (TPSA) is 61.4 Å². The van der Waals surface area contributed by atoms with Gasteiger partial charge in [0.1, 0.15) is 0 Å². The van der Waals surface area contributed by atoms with E-state index in [0.717, 1.165) is 17.7 Å². The monoisotopic (exact) mass is 413 g/mol. The summed E-state index contributed by atoms with van der Waals surface area (Å²) in [6, 6.07) is 16.9. The van der Waals surface area contributed by atoms with Gasteiger partial charge in [0, 0.05) is 25.7 Å². The molecule has 0 bridgehead atoms. The summed E-state index contributed by atoms with van der Waals surface area (Å²) < 4.78 is 28.2. The predicted molar refractivity (Wildman–Crippen MR) is 119 cm³/mol. The van der Waals surface area contributed by atoms with E-state index < -0.39 is 10.2 Å². The van der Waals surface area contributed by atoms with E-state index >= 15 is 0 Å². The molecule has 29 heavy (non-hydrogen) atoms. The Labute approximate surface area is 174 Å². The normalized spacial score (nSPS) is 21.4. The largest absolute Gasteiger partial charge is 0.310 e. The summed E-state index contributed by atoms with van der Waals surface area (Å²) in [4.78, 5) is 0. The number of rotatable bonds is 5. The van der Waals surface area contributed by atoms with Gasteiger partial charge in [-0.2, -0.15) is 13.1 Å². The van der Waals surface area contributed by atoms with Gasteiger partial charge in [-0.25, -0.2) is 0 Å². The quantitative estimate of drug-likeness (QED) is 0.777. The molecule has 2 aromatic carbocycles. The van der Waals surface area contributed by atoms with E-state index in [0.29, 0.717) is 30.2 Å². The maximum atomic E-state index is 12.1. The molecule has 2 aliphatic rings. The van der Waals surface area contributed by atoms with Crippen LogP contribution in [0.2, 0.25) is 0 Å². The molecule has 1 saturated carbocycles. The van der Waals surface area contributed by atoms with Gasteiger partial charge in [0.15, 0.2) is 0 Å². The van der Waals surface area contributed by atoms with Gasteiger partial charge in [0.2, 0.25) is 0 Å². The zero-order valence-corrected chi connectivity index (χ0v) is 18.1. The minimum atomic E-state index is -3.40. The molecule has 2 fully saturated rings. The molecule has 0 amide bonds. The summed E-state index contributed by atoms with van der Waals surface area (Å²) in [6.45, 7) is 6.55. The molecular weight excluding hydrogens is 382 g/mol. The summed E-state index contributed by atoms with van der Waals surface area (Å²) in [5.74, 6) is 0. The van der Waals surface area contributed by atoms with Crippen molar-refractivity contribution in [2.24, 2.45) is 5.41 Å². The fourth-order valence-corrected chi connectivity index (χ4v) is 5.49. The molecular formula is C23H31N3O2S. The lowest BCUT2D eigenvalue weighted by molar-refractivity contribution is 0.206. The number of hydrogen-bond acceptors (Lipinski definition) is 3. The first-order valence-corrected chi connectivity index (χ1v) is 12.0. The maximum Gasteiger partial charge on any atom is 0.301 e. The second-order valence-electron chi connectivity index (χ2n) is 9.04. The maximum absolute atomic E-state index is 12.1. The van der Waals surface area contributed by atoms with Crippen LogP contribution in [0.3, 0.4) is 0 Å². The van der Waals surface area contributed by atoms with Crippen molar-refractivity contribution in [3.05, 3.63) is 54.1 Å². The molecule has 2 N–H and O–H groups in total. The first kappa shape index (κ1) is 20.4. The van der Waals surface area contributed by atoms with E-state index in [1.807, 2.05) is 24.3 Å². The third kappa shape index (κ3) is 4.82. The van der Waals surface area contributed by atoms with Gasteiger partial charge >= 0.3 is 10.2 Å². The van der Waals surface area contributed by atoms with Crippen molar-refractivity contribution in [2.45, 2.75) is 52.1 Å². The van der Waals surface area contributed by atoms with Crippen LogP contribution in [0.5, 0.6) is 0 Å². The lowest BCUT2D eigenvalue weighted by atomic mass is 9.75. The van der Waals surface area contributed by atoms with Crippen molar-refractivity contribution in [3.63, 3.8) is 0 Å². The molecule has 1 saturated heterocycles. The molecule has 0 spiro atoms. The third-order valence-corrected chi connectivity index (χ3v) is 7.79. The van der Waals surface area contributed by atoms with Crippen LogP contribution in [-0.2, 0) is 16.8 Å². The van der Waals surface area contributed by atoms with Gasteiger partial charge in [-0.15, -0.1) is 0 Å². The molecule has 4 rings (SSSR count). The first-order chi connectivity index (χ1) is 13.8. The highest BCUT2D eigenvalue weighted by molar-refractivity contribution is 7.91. The first-order valence-electron chi connectivity index (χ1n) is 10.5. The SMILES string of the molecule is CC1(C)CCC(NCc2ccc(-c3cccc(N4CCNS4(=O)=O)c3)cc2)CC1. The highest BCUT2D eigenvalue weighted by atomic mass is 32.2. The van der Waals surface area contributed by atoms with Crippen LogP contribution < -0.4 is 14.3 Å². The van der Waals surface area contributed by atoms with Crippen LogP contribution >= 0.6 is 0 Å². The Morgan fingerprint density at radius 1 is 1.07 bits per heavy atom. The lowest BCUT2D eigenvalue weighted by Crippen LogP contribution is -2.35. The lowest BCUT2D eigenvalue weighted by Gasteiger charge is -2.34. The van der Waals surface area contributed by atoms with Gasteiger partial charge in [-0.05, 0) is 59.9 Å². The van der Waals surface area contributed by atoms with Gasteiger partial charge < -0.3 is 5.32 Å². The highest BCUT2D eigenvalue weighted by Gasteiger charge is 2.28. The van der Waals surface area contributed by atoms with Crippen molar-refractivity contribution in [1.82, 2.24) is 10.0 Å². The molecule has 0 atom stereocenters. The average molecular weight is 414 g/mol. The minimum absolute atomic E-state index is 0.451. The van der Waals surface area contributed by atoms with Crippen LogP contribution in [0.4, 0.5) is 5.69 Å². The van der Waals surface area contributed by atoms with Crippen molar-refractivity contribution < 1.29 is 8.42 Å². The third-order valence-electron chi connectivity index (χ3n) is 6.24. The number of nitrogens with one attached hydrogen (secondary N) is 2. The van der Waals surface area contributed by atoms with Crippen molar-refractivity contribution in [3.8, 4) is 11.1 Å². The second-order valence-corrected chi connectivity index (χ2v) is 10.7. The zero-order chi connectivity index (χ0) is 20.5. The number of benzene rings is 2. The molecule has 2 aromatic rings. The summed E-state index contributed by atoms with van der Waals surface area (Å²) >= 11 is 0. The molecule has 5 nitrogen and oxygen atoms in total. The standard InChI is InChI=1S/C23H31N3O2S/c1-23(2)12-10-21(11-13-23)24-17-18-6-8-19(9-7-18)20-4-3-5-22(16-20)26-15-14-25-29(26,27)28/h3-9,16,21,24-25H,10-15,17H2,1-2H3. The molecule has 6 heteroatoms. The summed E-state index contributed by atoms with van der Waals surface area (Å²) in [6.07, 6.45) is 5.10. The average Bonchev–Trinajstić information content (AvgIpc) is 3.07. The van der Waals surface area contributed by atoms with Gasteiger partial charge in [-0.1, -0.05) is 50.2 Å². The number of anilines is 1. The van der Waals surface area contributed by atoms with Crippen molar-refractivity contribution in [2.75, 3.05) is 17.4 Å². The van der Waals surface area contributed by atoms with Crippen LogP contribution in [0.15, 0.2) is 48.5 Å². The Balaban J connectivity index is 1.40. The summed E-state index contributed by atoms with van der Waals surface area (Å²) in [5, 5.41) is 3.71. The Hall–Kier alpha value is -1.89. The summed E-state index contributed by atoms with van der Waals surface area (Å²) in [5.41, 5.74) is 4.61. The zero-order valence-electron chi connectivity index (χ0n) is 17.3. The molecule has 1 heterocycles. The van der Waals surface area contributed by atoms with E-state index in [4.69, 9.17) is 0 Å². The number of hydrogen-bond donors (Lipinski definition) is 2. The fourth-order valence-electron chi connectivity index (χ4n) is 4.26. The Morgan fingerprint density at radius 3 is 2.45 bits per heavy atom. The Bertz CT molecular complexity index is 944. The van der Waals surface area contributed by atoms with Crippen LogP contribution in [0.1, 0.15) is 45.1 Å². The van der Waals surface area contributed by atoms with Crippen molar-refractivity contribution >= 4 is 15.9 Å². The molecule has 0 unspecified atom stereocenters. The highest BCUT2D eigenvalue weighted by Crippen LogP contribution is 2.35.